The summed E-state index contributed by atoms with van der Waals surface area (Å²) >= 11 is 0. The third-order valence-electron chi connectivity index (χ3n) is 8.49. The lowest BCUT2D eigenvalue weighted by Crippen LogP contribution is -2.39. The van der Waals surface area contributed by atoms with Crippen molar-refractivity contribution in [3.05, 3.63) is 76.7 Å². The highest BCUT2D eigenvalue weighted by molar-refractivity contribution is 5.78. The van der Waals surface area contributed by atoms with E-state index in [1.807, 2.05) is 36.1 Å². The van der Waals surface area contributed by atoms with Crippen molar-refractivity contribution in [1.29, 1.82) is 0 Å². The lowest BCUT2D eigenvalue weighted by Gasteiger charge is -2.33. The fourth-order valence-electron chi connectivity index (χ4n) is 6.30. The SMILES string of the molecule is Cc1nc(N2CCC(C(F)(F)F)CC2)ccc1-c1ccc(F)c(COc2ccc3c(c2)CC2C(C(=O)O)C32)c1. The Kier molecular flexibility index (Phi) is 6.27. The average Bonchev–Trinajstić information content (AvgIpc) is 3.50. The summed E-state index contributed by atoms with van der Waals surface area (Å²) in [6.07, 6.45) is -3.32. The van der Waals surface area contributed by atoms with Crippen molar-refractivity contribution in [1.82, 2.24) is 4.98 Å². The van der Waals surface area contributed by atoms with Gasteiger partial charge in [0.25, 0.3) is 0 Å². The van der Waals surface area contributed by atoms with E-state index in [4.69, 9.17) is 4.74 Å². The first kappa shape index (κ1) is 25.6. The van der Waals surface area contributed by atoms with E-state index in [0.29, 0.717) is 35.9 Å². The quantitative estimate of drug-likeness (QED) is 0.361. The minimum absolute atomic E-state index is 0.0295. The summed E-state index contributed by atoms with van der Waals surface area (Å²) in [5, 5.41) is 9.30. The Hall–Kier alpha value is -3.62. The van der Waals surface area contributed by atoms with Crippen molar-refractivity contribution in [3.8, 4) is 16.9 Å². The summed E-state index contributed by atoms with van der Waals surface area (Å²) < 4.78 is 59.6. The summed E-state index contributed by atoms with van der Waals surface area (Å²) in [6, 6.07) is 14.1. The van der Waals surface area contributed by atoms with Gasteiger partial charge in [0, 0.05) is 35.8 Å². The first-order valence-corrected chi connectivity index (χ1v) is 13.2. The number of carboxylic acid groups (broad SMARTS) is 1. The Morgan fingerprint density at radius 2 is 1.87 bits per heavy atom. The molecule has 3 atom stereocenters. The number of ether oxygens (including phenoxy) is 1. The Balaban J connectivity index is 1.13. The van der Waals surface area contributed by atoms with Gasteiger partial charge in [0.05, 0.1) is 11.8 Å². The minimum atomic E-state index is -4.16. The van der Waals surface area contributed by atoms with Gasteiger partial charge in [-0.05, 0) is 85.2 Å². The van der Waals surface area contributed by atoms with Crippen molar-refractivity contribution in [2.75, 3.05) is 18.0 Å². The highest BCUT2D eigenvalue weighted by Gasteiger charge is 2.59. The fourth-order valence-corrected chi connectivity index (χ4v) is 6.30. The predicted molar refractivity (Wildman–Crippen MR) is 137 cm³/mol. The zero-order valence-corrected chi connectivity index (χ0v) is 21.3. The van der Waals surface area contributed by atoms with Gasteiger partial charge >= 0.3 is 12.1 Å². The molecule has 0 radical (unpaired) electrons. The molecule has 2 heterocycles. The molecule has 0 bridgehead atoms. The summed E-state index contributed by atoms with van der Waals surface area (Å²) in [6.45, 7) is 2.48. The van der Waals surface area contributed by atoms with Crippen LogP contribution >= 0.6 is 0 Å². The van der Waals surface area contributed by atoms with Crippen LogP contribution in [0.15, 0.2) is 48.5 Å². The van der Waals surface area contributed by atoms with Gasteiger partial charge in [0.1, 0.15) is 24.0 Å². The lowest BCUT2D eigenvalue weighted by molar-refractivity contribution is -0.179. The highest BCUT2D eigenvalue weighted by Crippen LogP contribution is 2.61. The van der Waals surface area contributed by atoms with Crippen LogP contribution in [0.5, 0.6) is 5.75 Å². The van der Waals surface area contributed by atoms with Crippen molar-refractivity contribution in [2.24, 2.45) is 17.8 Å². The van der Waals surface area contributed by atoms with Crippen molar-refractivity contribution >= 4 is 11.8 Å². The number of nitrogens with zero attached hydrogens (tertiary/aromatic N) is 2. The normalized spacial score (nSPS) is 22.4. The van der Waals surface area contributed by atoms with Gasteiger partial charge in [-0.3, -0.25) is 4.79 Å². The van der Waals surface area contributed by atoms with E-state index in [0.717, 1.165) is 28.7 Å². The number of aryl methyl sites for hydroxylation is 1. The first-order valence-electron chi connectivity index (χ1n) is 13.2. The number of fused-ring (bicyclic) bond motifs is 3. The molecule has 1 aromatic heterocycles. The van der Waals surface area contributed by atoms with E-state index in [1.54, 1.807) is 18.2 Å². The maximum absolute atomic E-state index is 14.7. The van der Waals surface area contributed by atoms with Crippen LogP contribution in [0.4, 0.5) is 23.4 Å². The molecule has 2 aromatic carbocycles. The second-order valence-electron chi connectivity index (χ2n) is 10.8. The Bertz CT molecular complexity index is 1430. The van der Waals surface area contributed by atoms with Crippen molar-refractivity contribution in [3.63, 3.8) is 0 Å². The fraction of sp³-hybridized carbons (Fsp3) is 0.400. The maximum atomic E-state index is 14.7. The van der Waals surface area contributed by atoms with E-state index in [9.17, 15) is 27.5 Å². The number of rotatable bonds is 6. The number of anilines is 1. The summed E-state index contributed by atoms with van der Waals surface area (Å²) in [5.41, 5.74) is 4.86. The molecule has 204 valence electrons. The van der Waals surface area contributed by atoms with Crippen LogP contribution in [-0.4, -0.2) is 35.3 Å². The number of alkyl halides is 3. The molecule has 39 heavy (non-hydrogen) atoms. The van der Waals surface area contributed by atoms with Gasteiger partial charge in [-0.1, -0.05) is 12.1 Å². The second-order valence-corrected chi connectivity index (χ2v) is 10.8. The molecule has 0 amide bonds. The molecule has 1 saturated carbocycles. The molecule has 3 aliphatic rings. The predicted octanol–water partition coefficient (Wildman–Crippen LogP) is 6.52. The minimum Gasteiger partial charge on any atom is -0.489 e. The van der Waals surface area contributed by atoms with Gasteiger partial charge in [-0.15, -0.1) is 0 Å². The zero-order chi connectivity index (χ0) is 27.5. The average molecular weight is 541 g/mol. The van der Waals surface area contributed by atoms with E-state index >= 15 is 0 Å². The number of pyridine rings is 1. The Morgan fingerprint density at radius 3 is 2.56 bits per heavy atom. The maximum Gasteiger partial charge on any atom is 0.391 e. The number of hydrogen-bond acceptors (Lipinski definition) is 4. The second kappa shape index (κ2) is 9.54. The third kappa shape index (κ3) is 4.83. The molecule has 5 nitrogen and oxygen atoms in total. The number of carbonyl (C=O) groups is 1. The van der Waals surface area contributed by atoms with Crippen molar-refractivity contribution in [2.45, 2.75) is 44.9 Å². The van der Waals surface area contributed by atoms with E-state index in [2.05, 4.69) is 4.98 Å². The van der Waals surface area contributed by atoms with Gasteiger partial charge in [0.2, 0.25) is 0 Å². The molecular formula is C30H28F4N2O3. The monoisotopic (exact) mass is 540 g/mol. The van der Waals surface area contributed by atoms with E-state index in [1.165, 1.54) is 6.07 Å². The van der Waals surface area contributed by atoms with Gasteiger partial charge in [-0.25, -0.2) is 9.37 Å². The van der Waals surface area contributed by atoms with Gasteiger partial charge in [-0.2, -0.15) is 13.2 Å². The number of piperidine rings is 1. The van der Waals surface area contributed by atoms with E-state index in [-0.39, 0.29) is 43.0 Å². The van der Waals surface area contributed by atoms with Crippen molar-refractivity contribution < 1.29 is 32.2 Å². The van der Waals surface area contributed by atoms with Crippen LogP contribution in [0, 0.1) is 30.5 Å². The molecule has 3 aromatic rings. The Morgan fingerprint density at radius 1 is 1.10 bits per heavy atom. The molecule has 2 aliphatic carbocycles. The summed E-state index contributed by atoms with van der Waals surface area (Å²) in [7, 11) is 0. The largest absolute Gasteiger partial charge is 0.489 e. The molecule has 6 rings (SSSR count). The first-order chi connectivity index (χ1) is 18.6. The number of benzene rings is 2. The van der Waals surface area contributed by atoms with Crippen LogP contribution in [0.2, 0.25) is 0 Å². The number of hydrogen-bond donors (Lipinski definition) is 1. The smallest absolute Gasteiger partial charge is 0.391 e. The van der Waals surface area contributed by atoms with Crippen LogP contribution in [-0.2, 0) is 17.8 Å². The topological polar surface area (TPSA) is 62.7 Å². The number of halogens is 4. The standard InChI is InChI=1S/C30H28F4N2O3/c1-16-22(5-7-26(35-16)36-10-8-20(9-11-36)30(32,33)34)17-2-6-25(31)19(12-17)15-39-21-3-4-23-18(13-21)14-24-27(23)28(24)29(37)38/h2-7,12-13,20,24,27-28H,8-11,14-15H2,1H3,(H,37,38). The lowest BCUT2D eigenvalue weighted by atomic mass is 9.96. The number of aromatic nitrogens is 1. The molecule has 1 aliphatic heterocycles. The van der Waals surface area contributed by atoms with Crippen LogP contribution in [0.1, 0.15) is 41.1 Å². The molecule has 1 N–H and O–H groups in total. The number of aliphatic carboxylic acids is 1. The molecule has 0 spiro atoms. The van der Waals surface area contributed by atoms with Crippen LogP contribution in [0.3, 0.4) is 0 Å². The third-order valence-corrected chi connectivity index (χ3v) is 8.49. The molecule has 9 heteroatoms. The van der Waals surface area contributed by atoms with Crippen LogP contribution < -0.4 is 9.64 Å². The summed E-state index contributed by atoms with van der Waals surface area (Å²) in [4.78, 5) is 17.9. The molecular weight excluding hydrogens is 512 g/mol. The summed E-state index contributed by atoms with van der Waals surface area (Å²) in [5.74, 6) is -1.16. The molecule has 3 unspecified atom stereocenters. The number of carboxylic acids is 1. The van der Waals surface area contributed by atoms with Crippen LogP contribution in [0.25, 0.3) is 11.1 Å². The molecule has 2 fully saturated rings. The van der Waals surface area contributed by atoms with E-state index < -0.39 is 18.1 Å². The molecule has 1 saturated heterocycles. The highest BCUT2D eigenvalue weighted by atomic mass is 19.4. The van der Waals surface area contributed by atoms with Gasteiger partial charge in [0.15, 0.2) is 0 Å². The zero-order valence-electron chi connectivity index (χ0n) is 21.3. The Labute approximate surface area is 223 Å². The van der Waals surface area contributed by atoms with Gasteiger partial charge < -0.3 is 14.7 Å².